The molecule has 4 N–H and O–H groups in total. The minimum atomic E-state index is -0.0975. The zero-order valence-corrected chi connectivity index (χ0v) is 12.4. The van der Waals surface area contributed by atoms with Crippen LogP contribution in [0.3, 0.4) is 0 Å². The second kappa shape index (κ2) is 9.77. The molecule has 0 spiro atoms. The monoisotopic (exact) mass is 293 g/mol. The van der Waals surface area contributed by atoms with Crippen LogP contribution in [0.1, 0.15) is 18.4 Å². The van der Waals surface area contributed by atoms with Gasteiger partial charge in [0.15, 0.2) is 0 Å². The number of hydrogen-bond acceptors (Lipinski definition) is 4. The third-order valence-corrected chi connectivity index (χ3v) is 2.98. The lowest BCUT2D eigenvalue weighted by atomic mass is 10.1. The van der Waals surface area contributed by atoms with Gasteiger partial charge in [-0.25, -0.2) is 0 Å². The predicted molar refractivity (Wildman–Crippen MR) is 81.7 cm³/mol. The lowest BCUT2D eigenvalue weighted by Crippen LogP contribution is -2.32. The van der Waals surface area contributed by atoms with Crippen molar-refractivity contribution < 1.29 is 14.3 Å². The zero-order valence-electron chi connectivity index (χ0n) is 12.4. The van der Waals surface area contributed by atoms with Gasteiger partial charge >= 0.3 is 0 Å². The van der Waals surface area contributed by atoms with Gasteiger partial charge in [0, 0.05) is 38.7 Å². The molecular formula is C15H23N3O3. The quantitative estimate of drug-likeness (QED) is 0.456. The Balaban J connectivity index is 2.14. The largest absolute Gasteiger partial charge is 0.399 e. The van der Waals surface area contributed by atoms with Crippen molar-refractivity contribution in [2.75, 3.05) is 32.5 Å². The Morgan fingerprint density at radius 3 is 2.48 bits per heavy atom. The van der Waals surface area contributed by atoms with Gasteiger partial charge in [0.2, 0.25) is 11.8 Å². The average molecular weight is 293 g/mol. The van der Waals surface area contributed by atoms with Crippen LogP contribution in [0, 0.1) is 0 Å². The van der Waals surface area contributed by atoms with Crippen LogP contribution in [0.4, 0.5) is 5.69 Å². The number of nitrogen functional groups attached to an aromatic ring is 1. The van der Waals surface area contributed by atoms with Crippen molar-refractivity contribution in [1.29, 1.82) is 0 Å². The maximum absolute atomic E-state index is 11.7. The van der Waals surface area contributed by atoms with Crippen molar-refractivity contribution in [3.8, 4) is 0 Å². The fourth-order valence-corrected chi connectivity index (χ4v) is 1.79. The maximum Gasteiger partial charge on any atom is 0.221 e. The average Bonchev–Trinajstić information content (AvgIpc) is 2.47. The van der Waals surface area contributed by atoms with Crippen LogP contribution < -0.4 is 16.4 Å². The lowest BCUT2D eigenvalue weighted by Gasteiger charge is -2.07. The first-order chi connectivity index (χ1) is 10.1. The van der Waals surface area contributed by atoms with Crippen LogP contribution in [-0.4, -0.2) is 38.6 Å². The predicted octanol–water partition coefficient (Wildman–Crippen LogP) is 0.470. The summed E-state index contributed by atoms with van der Waals surface area (Å²) in [7, 11) is 1.58. The Kier molecular flexibility index (Phi) is 7.89. The van der Waals surface area contributed by atoms with Crippen LogP contribution in [0.15, 0.2) is 24.3 Å². The van der Waals surface area contributed by atoms with E-state index >= 15 is 0 Å². The molecule has 2 amide bonds. The summed E-state index contributed by atoms with van der Waals surface area (Å²) >= 11 is 0. The summed E-state index contributed by atoms with van der Waals surface area (Å²) in [6.07, 6.45) is 1.22. The molecule has 0 bridgehead atoms. The SMILES string of the molecule is COCCNC(=O)CCNC(=O)CCc1ccccc1N. The molecule has 6 heteroatoms. The molecular weight excluding hydrogens is 270 g/mol. The van der Waals surface area contributed by atoms with Gasteiger partial charge in [0.05, 0.1) is 6.61 Å². The van der Waals surface area contributed by atoms with Crippen molar-refractivity contribution in [2.45, 2.75) is 19.3 Å². The number of carbonyl (C=O) groups is 2. The molecule has 0 aliphatic heterocycles. The molecule has 6 nitrogen and oxygen atoms in total. The molecule has 0 aliphatic rings. The van der Waals surface area contributed by atoms with Gasteiger partial charge in [0.25, 0.3) is 0 Å². The molecule has 1 aromatic rings. The highest BCUT2D eigenvalue weighted by atomic mass is 16.5. The van der Waals surface area contributed by atoms with Gasteiger partial charge < -0.3 is 21.1 Å². The highest BCUT2D eigenvalue weighted by Gasteiger charge is 2.05. The van der Waals surface area contributed by atoms with E-state index in [1.54, 1.807) is 7.11 Å². The van der Waals surface area contributed by atoms with Gasteiger partial charge in [-0.1, -0.05) is 18.2 Å². The third kappa shape index (κ3) is 7.31. The Hall–Kier alpha value is -2.08. The van der Waals surface area contributed by atoms with E-state index in [-0.39, 0.29) is 18.2 Å². The van der Waals surface area contributed by atoms with Crippen molar-refractivity contribution in [2.24, 2.45) is 0 Å². The molecule has 21 heavy (non-hydrogen) atoms. The number of ether oxygens (including phenoxy) is 1. The number of hydrogen-bond donors (Lipinski definition) is 3. The van der Waals surface area contributed by atoms with Crippen molar-refractivity contribution in [3.63, 3.8) is 0 Å². The molecule has 0 aliphatic carbocycles. The molecule has 1 aromatic carbocycles. The smallest absolute Gasteiger partial charge is 0.221 e. The summed E-state index contributed by atoms with van der Waals surface area (Å²) in [4.78, 5) is 23.1. The van der Waals surface area contributed by atoms with Gasteiger partial charge in [-0.15, -0.1) is 0 Å². The van der Waals surface area contributed by atoms with Gasteiger partial charge in [0.1, 0.15) is 0 Å². The fraction of sp³-hybridized carbons (Fsp3) is 0.467. The van der Waals surface area contributed by atoms with Crippen molar-refractivity contribution >= 4 is 17.5 Å². The van der Waals surface area contributed by atoms with E-state index in [9.17, 15) is 9.59 Å². The van der Waals surface area contributed by atoms with E-state index in [1.807, 2.05) is 24.3 Å². The van der Waals surface area contributed by atoms with Crippen molar-refractivity contribution in [1.82, 2.24) is 10.6 Å². The number of methoxy groups -OCH3 is 1. The number of benzene rings is 1. The molecule has 0 atom stereocenters. The highest BCUT2D eigenvalue weighted by Crippen LogP contribution is 2.12. The molecule has 0 saturated carbocycles. The first kappa shape index (κ1) is 17.0. The minimum absolute atomic E-state index is 0.0806. The molecule has 0 heterocycles. The summed E-state index contributed by atoms with van der Waals surface area (Å²) in [5.41, 5.74) is 7.47. The van der Waals surface area contributed by atoms with Crippen LogP contribution in [0.25, 0.3) is 0 Å². The van der Waals surface area contributed by atoms with Gasteiger partial charge in [-0.05, 0) is 18.1 Å². The first-order valence-corrected chi connectivity index (χ1v) is 6.99. The lowest BCUT2D eigenvalue weighted by molar-refractivity contribution is -0.122. The van der Waals surface area contributed by atoms with E-state index in [1.165, 1.54) is 0 Å². The van der Waals surface area contributed by atoms with E-state index in [2.05, 4.69) is 10.6 Å². The van der Waals surface area contributed by atoms with Gasteiger partial charge in [-0.2, -0.15) is 0 Å². The van der Waals surface area contributed by atoms with Crippen LogP contribution >= 0.6 is 0 Å². The minimum Gasteiger partial charge on any atom is -0.399 e. The summed E-state index contributed by atoms with van der Waals surface area (Å²) in [6.45, 7) is 1.30. The summed E-state index contributed by atoms with van der Waals surface area (Å²) < 4.78 is 4.82. The first-order valence-electron chi connectivity index (χ1n) is 6.99. The number of amides is 2. The number of anilines is 1. The van der Waals surface area contributed by atoms with E-state index in [4.69, 9.17) is 10.5 Å². The zero-order chi connectivity index (χ0) is 15.5. The van der Waals surface area contributed by atoms with E-state index in [0.29, 0.717) is 38.2 Å². The second-order valence-electron chi connectivity index (χ2n) is 4.64. The molecule has 116 valence electrons. The standard InChI is InChI=1S/C15H23N3O3/c1-21-11-10-18-15(20)8-9-17-14(19)7-6-12-4-2-3-5-13(12)16/h2-5H,6-11,16H2,1H3,(H,17,19)(H,18,20). The van der Waals surface area contributed by atoms with Crippen LogP contribution in [-0.2, 0) is 20.7 Å². The third-order valence-electron chi connectivity index (χ3n) is 2.98. The van der Waals surface area contributed by atoms with E-state index in [0.717, 1.165) is 5.56 Å². The molecule has 0 saturated heterocycles. The normalized spacial score (nSPS) is 10.1. The summed E-state index contributed by atoms with van der Waals surface area (Å²) in [5.74, 6) is -0.178. The number of nitrogens with one attached hydrogen (secondary N) is 2. The maximum atomic E-state index is 11.7. The highest BCUT2D eigenvalue weighted by molar-refractivity contribution is 5.79. The Bertz CT molecular complexity index is 463. The topological polar surface area (TPSA) is 93.5 Å². The Morgan fingerprint density at radius 1 is 1.10 bits per heavy atom. The summed E-state index contributed by atoms with van der Waals surface area (Å²) in [6, 6.07) is 7.48. The number of rotatable bonds is 9. The van der Waals surface area contributed by atoms with Crippen LogP contribution in [0.2, 0.25) is 0 Å². The Labute approximate surface area is 125 Å². The molecule has 1 rings (SSSR count). The molecule has 0 aromatic heterocycles. The fourth-order valence-electron chi connectivity index (χ4n) is 1.79. The van der Waals surface area contributed by atoms with Crippen LogP contribution in [0.5, 0.6) is 0 Å². The Morgan fingerprint density at radius 2 is 1.76 bits per heavy atom. The number of carbonyl (C=O) groups excluding carboxylic acids is 2. The number of nitrogens with two attached hydrogens (primary N) is 1. The molecule has 0 unspecified atom stereocenters. The van der Waals surface area contributed by atoms with E-state index < -0.39 is 0 Å². The molecule has 0 radical (unpaired) electrons. The number of para-hydroxylation sites is 1. The van der Waals surface area contributed by atoms with Crippen molar-refractivity contribution in [3.05, 3.63) is 29.8 Å². The second-order valence-corrected chi connectivity index (χ2v) is 4.64. The molecule has 0 fully saturated rings. The number of aryl methyl sites for hydroxylation is 1. The van der Waals surface area contributed by atoms with Gasteiger partial charge in [-0.3, -0.25) is 9.59 Å². The summed E-state index contributed by atoms with van der Waals surface area (Å²) in [5, 5.41) is 5.41.